The molecule has 0 radical (unpaired) electrons. The highest BCUT2D eigenvalue weighted by molar-refractivity contribution is 6.36. The predicted octanol–water partition coefficient (Wildman–Crippen LogP) is 6.64. The van der Waals surface area contributed by atoms with Crippen LogP contribution in [-0.2, 0) is 13.1 Å². The molecule has 1 N–H and O–H groups in total. The van der Waals surface area contributed by atoms with Crippen LogP contribution in [-0.4, -0.2) is 14.9 Å². The van der Waals surface area contributed by atoms with Gasteiger partial charge in [-0.2, -0.15) is 0 Å². The second kappa shape index (κ2) is 10.3. The van der Waals surface area contributed by atoms with Gasteiger partial charge in [-0.25, -0.2) is 9.97 Å². The van der Waals surface area contributed by atoms with Gasteiger partial charge in [0, 0.05) is 18.1 Å². The van der Waals surface area contributed by atoms with Crippen LogP contribution in [0.1, 0.15) is 11.1 Å². The summed E-state index contributed by atoms with van der Waals surface area (Å²) in [6, 6.07) is 24.3. The molecule has 3 aromatic carbocycles. The monoisotopic (exact) mass is 479 g/mol. The molecule has 0 bridgehead atoms. The molecule has 1 heterocycles. The SMILES string of the molecule is O=[N+]([O-])c1c(Nc2ccc(Cl)cc2Cl)ncnc1N(Cc1ccccc1)Cc1ccccc1. The minimum absolute atomic E-state index is 0.0420. The first kappa shape index (κ1) is 22.5. The van der Waals surface area contributed by atoms with E-state index in [2.05, 4.69) is 15.3 Å². The van der Waals surface area contributed by atoms with Crippen LogP contribution in [0.4, 0.5) is 23.0 Å². The average Bonchev–Trinajstić information content (AvgIpc) is 2.81. The molecule has 4 rings (SSSR count). The Balaban J connectivity index is 1.76. The van der Waals surface area contributed by atoms with Crippen molar-refractivity contribution in [3.05, 3.63) is 116 Å². The van der Waals surface area contributed by atoms with Gasteiger partial charge in [0.2, 0.25) is 11.6 Å². The maximum Gasteiger partial charge on any atom is 0.353 e. The van der Waals surface area contributed by atoms with Gasteiger partial charge in [0.1, 0.15) is 6.33 Å². The first-order chi connectivity index (χ1) is 16.0. The molecule has 166 valence electrons. The third-order valence-corrected chi connectivity index (χ3v) is 5.45. The van der Waals surface area contributed by atoms with E-state index in [4.69, 9.17) is 23.2 Å². The summed E-state index contributed by atoms with van der Waals surface area (Å²) in [5.41, 5.74) is 2.20. The van der Waals surface area contributed by atoms with E-state index in [0.717, 1.165) is 11.1 Å². The zero-order chi connectivity index (χ0) is 23.2. The van der Waals surface area contributed by atoms with Crippen molar-refractivity contribution in [2.24, 2.45) is 0 Å². The molecule has 0 aliphatic rings. The number of nitro groups is 1. The Kier molecular flexibility index (Phi) is 7.02. The quantitative estimate of drug-likeness (QED) is 0.225. The summed E-state index contributed by atoms with van der Waals surface area (Å²) in [7, 11) is 0. The Morgan fingerprint density at radius 1 is 0.879 bits per heavy atom. The smallest absolute Gasteiger partial charge is 0.342 e. The van der Waals surface area contributed by atoms with Crippen molar-refractivity contribution < 1.29 is 4.92 Å². The molecule has 0 atom stereocenters. The van der Waals surface area contributed by atoms with Crippen LogP contribution < -0.4 is 10.2 Å². The van der Waals surface area contributed by atoms with E-state index in [1.165, 1.54) is 6.33 Å². The Morgan fingerprint density at radius 2 is 1.48 bits per heavy atom. The maximum atomic E-state index is 12.2. The van der Waals surface area contributed by atoms with Gasteiger partial charge in [0.25, 0.3) is 0 Å². The van der Waals surface area contributed by atoms with Crippen molar-refractivity contribution in [2.75, 3.05) is 10.2 Å². The van der Waals surface area contributed by atoms with E-state index in [1.54, 1.807) is 18.2 Å². The Hall–Kier alpha value is -3.68. The van der Waals surface area contributed by atoms with E-state index in [9.17, 15) is 10.1 Å². The lowest BCUT2D eigenvalue weighted by Crippen LogP contribution is -2.24. The van der Waals surface area contributed by atoms with Gasteiger partial charge in [0.05, 0.1) is 15.6 Å². The number of hydrogen-bond donors (Lipinski definition) is 1. The van der Waals surface area contributed by atoms with Crippen molar-refractivity contribution >= 4 is 46.2 Å². The summed E-state index contributed by atoms with van der Waals surface area (Å²) in [6.07, 6.45) is 1.30. The van der Waals surface area contributed by atoms with Crippen LogP contribution in [0.3, 0.4) is 0 Å². The molecule has 7 nitrogen and oxygen atoms in total. The second-order valence-electron chi connectivity index (χ2n) is 7.23. The van der Waals surface area contributed by atoms with Crippen LogP contribution in [0, 0.1) is 10.1 Å². The molecule has 0 saturated heterocycles. The molecular formula is C24H19Cl2N5O2. The molecule has 0 spiro atoms. The fourth-order valence-electron chi connectivity index (χ4n) is 3.39. The van der Waals surface area contributed by atoms with Gasteiger partial charge in [-0.15, -0.1) is 0 Å². The van der Waals surface area contributed by atoms with E-state index in [1.807, 2.05) is 65.6 Å². The van der Waals surface area contributed by atoms with Gasteiger partial charge < -0.3 is 10.2 Å². The molecule has 0 unspecified atom stereocenters. The van der Waals surface area contributed by atoms with Crippen LogP contribution in [0.5, 0.6) is 0 Å². The lowest BCUT2D eigenvalue weighted by Gasteiger charge is -2.24. The number of anilines is 3. The van der Waals surface area contributed by atoms with Gasteiger partial charge >= 0.3 is 5.69 Å². The summed E-state index contributed by atoms with van der Waals surface area (Å²) in [4.78, 5) is 22.0. The summed E-state index contributed by atoms with van der Waals surface area (Å²) < 4.78 is 0. The first-order valence-electron chi connectivity index (χ1n) is 10.1. The summed E-state index contributed by atoms with van der Waals surface area (Å²) in [6.45, 7) is 0.851. The molecule has 1 aromatic heterocycles. The molecular weight excluding hydrogens is 461 g/mol. The van der Waals surface area contributed by atoms with Crippen LogP contribution >= 0.6 is 23.2 Å². The number of hydrogen-bond acceptors (Lipinski definition) is 6. The molecule has 9 heteroatoms. The lowest BCUT2D eigenvalue weighted by molar-refractivity contribution is -0.383. The van der Waals surface area contributed by atoms with Gasteiger partial charge in [0.15, 0.2) is 0 Å². The van der Waals surface area contributed by atoms with Crippen molar-refractivity contribution in [2.45, 2.75) is 13.1 Å². The third-order valence-electron chi connectivity index (χ3n) is 4.90. The van der Waals surface area contributed by atoms with Crippen LogP contribution in [0.2, 0.25) is 10.0 Å². The second-order valence-corrected chi connectivity index (χ2v) is 8.07. The summed E-state index contributed by atoms with van der Waals surface area (Å²) in [5.74, 6) is 0.246. The van der Waals surface area contributed by atoms with E-state index < -0.39 is 4.92 Å². The first-order valence-corrected chi connectivity index (χ1v) is 10.8. The average molecular weight is 480 g/mol. The summed E-state index contributed by atoms with van der Waals surface area (Å²) >= 11 is 12.2. The Bertz CT molecular complexity index is 1210. The number of halogens is 2. The fourth-order valence-corrected chi connectivity index (χ4v) is 3.85. The highest BCUT2D eigenvalue weighted by Crippen LogP contribution is 2.37. The zero-order valence-corrected chi connectivity index (χ0v) is 18.9. The van der Waals surface area contributed by atoms with Crippen LogP contribution in [0.25, 0.3) is 0 Å². The normalized spacial score (nSPS) is 10.6. The molecule has 0 aliphatic carbocycles. The summed E-state index contributed by atoms with van der Waals surface area (Å²) in [5, 5.41) is 15.9. The predicted molar refractivity (Wildman–Crippen MR) is 131 cm³/mol. The van der Waals surface area contributed by atoms with Crippen molar-refractivity contribution in [3.63, 3.8) is 0 Å². The zero-order valence-electron chi connectivity index (χ0n) is 17.4. The Labute approximate surface area is 200 Å². The third kappa shape index (κ3) is 5.58. The highest BCUT2D eigenvalue weighted by atomic mass is 35.5. The maximum absolute atomic E-state index is 12.2. The molecule has 0 amide bonds. The number of nitrogens with zero attached hydrogens (tertiary/aromatic N) is 4. The highest BCUT2D eigenvalue weighted by Gasteiger charge is 2.28. The van der Waals surface area contributed by atoms with E-state index in [-0.39, 0.29) is 17.3 Å². The number of aromatic nitrogens is 2. The van der Waals surface area contributed by atoms with E-state index in [0.29, 0.717) is 28.8 Å². The minimum atomic E-state index is -0.482. The van der Waals surface area contributed by atoms with Crippen molar-refractivity contribution in [1.82, 2.24) is 9.97 Å². The van der Waals surface area contributed by atoms with E-state index >= 15 is 0 Å². The molecule has 4 aromatic rings. The van der Waals surface area contributed by atoms with Crippen LogP contribution in [0.15, 0.2) is 85.2 Å². The van der Waals surface area contributed by atoms with Gasteiger partial charge in [-0.1, -0.05) is 83.9 Å². The number of benzene rings is 3. The Morgan fingerprint density at radius 3 is 2.03 bits per heavy atom. The largest absolute Gasteiger partial charge is 0.353 e. The lowest BCUT2D eigenvalue weighted by atomic mass is 10.1. The van der Waals surface area contributed by atoms with Gasteiger partial charge in [-0.05, 0) is 29.3 Å². The topological polar surface area (TPSA) is 84.2 Å². The molecule has 0 saturated carbocycles. The fraction of sp³-hybridized carbons (Fsp3) is 0.0833. The number of nitrogens with one attached hydrogen (secondary N) is 1. The standard InChI is InChI=1S/C24H19Cl2N5O2/c25-19-11-12-21(20(26)13-19)29-23-22(31(32)33)24(28-16-27-23)30(14-17-7-3-1-4-8-17)15-18-9-5-2-6-10-18/h1-13,16H,14-15H2,(H,27,28,29). The van der Waals surface area contributed by atoms with Crippen molar-refractivity contribution in [1.29, 1.82) is 0 Å². The minimum Gasteiger partial charge on any atom is -0.342 e. The molecule has 33 heavy (non-hydrogen) atoms. The molecule has 0 aliphatic heterocycles. The van der Waals surface area contributed by atoms with Gasteiger partial charge in [-0.3, -0.25) is 10.1 Å². The molecule has 0 fully saturated rings. The number of rotatable bonds is 8. The van der Waals surface area contributed by atoms with Crippen molar-refractivity contribution in [3.8, 4) is 0 Å².